The summed E-state index contributed by atoms with van der Waals surface area (Å²) in [5, 5.41) is 17.9. The summed E-state index contributed by atoms with van der Waals surface area (Å²) in [6, 6.07) is 0. The van der Waals surface area contributed by atoms with E-state index in [1.165, 1.54) is 0 Å². The molecule has 4 heteroatoms. The third-order valence-corrected chi connectivity index (χ3v) is 3.08. The van der Waals surface area contributed by atoms with Gasteiger partial charge in [0, 0.05) is 26.2 Å². The van der Waals surface area contributed by atoms with Crippen molar-refractivity contribution in [2.24, 2.45) is 7.05 Å². The van der Waals surface area contributed by atoms with Gasteiger partial charge in [0.2, 0.25) is 0 Å². The van der Waals surface area contributed by atoms with Crippen molar-refractivity contribution in [3.63, 3.8) is 0 Å². The molecule has 0 aliphatic carbocycles. The van der Waals surface area contributed by atoms with Gasteiger partial charge in [0.1, 0.15) is 0 Å². The monoisotopic (exact) mass is 209 g/mol. The van der Waals surface area contributed by atoms with Gasteiger partial charge >= 0.3 is 0 Å². The van der Waals surface area contributed by atoms with E-state index in [9.17, 15) is 5.11 Å². The Bertz CT molecular complexity index is 340. The van der Waals surface area contributed by atoms with Crippen LogP contribution in [0.15, 0.2) is 6.20 Å². The minimum absolute atomic E-state index is 0.577. The van der Waals surface area contributed by atoms with Crippen LogP contribution < -0.4 is 5.32 Å². The maximum atomic E-state index is 10.4. The Kier molecular flexibility index (Phi) is 2.80. The Morgan fingerprint density at radius 3 is 3.00 bits per heavy atom. The lowest BCUT2D eigenvalue weighted by atomic mass is 9.88. The summed E-state index contributed by atoms with van der Waals surface area (Å²) < 4.78 is 1.81. The topological polar surface area (TPSA) is 50.1 Å². The second kappa shape index (κ2) is 3.94. The quantitative estimate of drug-likeness (QED) is 0.740. The van der Waals surface area contributed by atoms with Crippen LogP contribution >= 0.6 is 0 Å². The molecule has 1 saturated heterocycles. The van der Waals surface area contributed by atoms with E-state index in [1.807, 2.05) is 24.9 Å². The van der Waals surface area contributed by atoms with Crippen LogP contribution in [-0.2, 0) is 13.5 Å². The number of β-amino-alcohol motifs (C(OH)–C–C–N with tert-alkyl or cyclic N) is 1. The fourth-order valence-corrected chi connectivity index (χ4v) is 2.28. The molecule has 1 aromatic heterocycles. The minimum atomic E-state index is -0.577. The zero-order valence-electron chi connectivity index (χ0n) is 9.45. The molecule has 0 saturated carbocycles. The van der Waals surface area contributed by atoms with E-state index in [2.05, 4.69) is 10.4 Å². The van der Waals surface area contributed by atoms with Gasteiger partial charge in [0.25, 0.3) is 0 Å². The number of hydrogen-bond acceptors (Lipinski definition) is 3. The highest BCUT2D eigenvalue weighted by Gasteiger charge is 2.30. The van der Waals surface area contributed by atoms with E-state index in [-0.39, 0.29) is 0 Å². The maximum absolute atomic E-state index is 10.4. The van der Waals surface area contributed by atoms with Gasteiger partial charge in [-0.3, -0.25) is 4.68 Å². The van der Waals surface area contributed by atoms with Gasteiger partial charge in [-0.05, 0) is 31.9 Å². The van der Waals surface area contributed by atoms with Crippen LogP contribution in [0.4, 0.5) is 0 Å². The molecule has 1 atom stereocenters. The van der Waals surface area contributed by atoms with Gasteiger partial charge in [-0.25, -0.2) is 0 Å². The summed E-state index contributed by atoms with van der Waals surface area (Å²) in [6.45, 7) is 3.71. The molecule has 1 fully saturated rings. The molecule has 84 valence electrons. The summed E-state index contributed by atoms with van der Waals surface area (Å²) >= 11 is 0. The molecule has 0 bridgehead atoms. The average Bonchev–Trinajstić information content (AvgIpc) is 2.45. The third-order valence-electron chi connectivity index (χ3n) is 3.08. The Morgan fingerprint density at radius 1 is 1.67 bits per heavy atom. The fourth-order valence-electron chi connectivity index (χ4n) is 2.28. The highest BCUT2D eigenvalue weighted by atomic mass is 16.3. The van der Waals surface area contributed by atoms with Crippen molar-refractivity contribution in [2.75, 3.05) is 13.1 Å². The smallest absolute Gasteiger partial charge is 0.0813 e. The van der Waals surface area contributed by atoms with Crippen molar-refractivity contribution in [3.8, 4) is 0 Å². The second-order valence-corrected chi connectivity index (χ2v) is 4.59. The van der Waals surface area contributed by atoms with Crippen LogP contribution in [-0.4, -0.2) is 33.6 Å². The molecule has 15 heavy (non-hydrogen) atoms. The van der Waals surface area contributed by atoms with Gasteiger partial charge in [-0.1, -0.05) is 0 Å². The lowest BCUT2D eigenvalue weighted by Gasteiger charge is -2.32. The molecule has 1 unspecified atom stereocenters. The van der Waals surface area contributed by atoms with Gasteiger partial charge in [0.15, 0.2) is 0 Å². The number of aromatic nitrogens is 2. The lowest BCUT2D eigenvalue weighted by Crippen LogP contribution is -2.47. The van der Waals surface area contributed by atoms with E-state index in [0.717, 1.165) is 30.6 Å². The summed E-state index contributed by atoms with van der Waals surface area (Å²) in [6.07, 6.45) is 4.64. The number of piperidine rings is 1. The number of aliphatic hydroxyl groups is 1. The van der Waals surface area contributed by atoms with Gasteiger partial charge in [-0.2, -0.15) is 5.10 Å². The Morgan fingerprint density at radius 2 is 2.47 bits per heavy atom. The van der Waals surface area contributed by atoms with Crippen LogP contribution in [0.25, 0.3) is 0 Å². The molecular formula is C11H19N3O. The highest BCUT2D eigenvalue weighted by molar-refractivity contribution is 5.18. The molecule has 1 aliphatic rings. The van der Waals surface area contributed by atoms with E-state index in [1.54, 1.807) is 0 Å². The first kappa shape index (κ1) is 10.6. The molecule has 0 amide bonds. The Hall–Kier alpha value is -0.870. The molecule has 4 nitrogen and oxygen atoms in total. The summed E-state index contributed by atoms with van der Waals surface area (Å²) in [5.41, 5.74) is 1.60. The number of rotatable bonds is 2. The van der Waals surface area contributed by atoms with Crippen molar-refractivity contribution in [1.82, 2.24) is 15.1 Å². The average molecular weight is 209 g/mol. The highest BCUT2D eigenvalue weighted by Crippen LogP contribution is 2.22. The van der Waals surface area contributed by atoms with Crippen LogP contribution in [0.2, 0.25) is 0 Å². The van der Waals surface area contributed by atoms with Crippen molar-refractivity contribution in [3.05, 3.63) is 17.5 Å². The number of nitrogens with zero attached hydrogens (tertiary/aromatic N) is 2. The van der Waals surface area contributed by atoms with E-state index in [4.69, 9.17) is 0 Å². The van der Waals surface area contributed by atoms with E-state index >= 15 is 0 Å². The Labute approximate surface area is 90.3 Å². The molecule has 0 radical (unpaired) electrons. The number of nitrogens with one attached hydrogen (secondary N) is 1. The molecule has 0 aromatic carbocycles. The molecule has 2 N–H and O–H groups in total. The minimum Gasteiger partial charge on any atom is -0.388 e. The predicted molar refractivity (Wildman–Crippen MR) is 58.7 cm³/mol. The largest absolute Gasteiger partial charge is 0.388 e. The molecular weight excluding hydrogens is 190 g/mol. The second-order valence-electron chi connectivity index (χ2n) is 4.59. The summed E-state index contributed by atoms with van der Waals surface area (Å²) in [4.78, 5) is 0. The van der Waals surface area contributed by atoms with Gasteiger partial charge in [0.05, 0.1) is 11.3 Å². The molecule has 2 rings (SSSR count). The van der Waals surface area contributed by atoms with Gasteiger partial charge in [-0.15, -0.1) is 0 Å². The fraction of sp³-hybridized carbons (Fsp3) is 0.727. The molecule has 1 aromatic rings. The van der Waals surface area contributed by atoms with Crippen molar-refractivity contribution in [1.29, 1.82) is 0 Å². The van der Waals surface area contributed by atoms with E-state index < -0.39 is 5.60 Å². The summed E-state index contributed by atoms with van der Waals surface area (Å²) in [7, 11) is 1.92. The SMILES string of the molecule is Cc1nn(C)cc1CC1(O)CCCNC1. The number of aryl methyl sites for hydroxylation is 2. The van der Waals surface area contributed by atoms with Crippen LogP contribution in [0.5, 0.6) is 0 Å². The third kappa shape index (κ3) is 2.38. The van der Waals surface area contributed by atoms with Crippen LogP contribution in [0.1, 0.15) is 24.1 Å². The van der Waals surface area contributed by atoms with Gasteiger partial charge < -0.3 is 10.4 Å². The van der Waals surface area contributed by atoms with Crippen LogP contribution in [0, 0.1) is 6.92 Å². The van der Waals surface area contributed by atoms with Crippen molar-refractivity contribution in [2.45, 2.75) is 31.8 Å². The molecule has 1 aliphatic heterocycles. The first-order valence-corrected chi connectivity index (χ1v) is 5.51. The van der Waals surface area contributed by atoms with Crippen molar-refractivity contribution >= 4 is 0 Å². The van der Waals surface area contributed by atoms with E-state index in [0.29, 0.717) is 13.0 Å². The van der Waals surface area contributed by atoms with Crippen molar-refractivity contribution < 1.29 is 5.11 Å². The standard InChI is InChI=1S/C11H19N3O/c1-9-10(7-14(2)13-9)6-11(15)4-3-5-12-8-11/h7,12,15H,3-6,8H2,1-2H3. The lowest BCUT2D eigenvalue weighted by molar-refractivity contribution is 0.0168. The predicted octanol–water partition coefficient (Wildman–Crippen LogP) is 0.386. The summed E-state index contributed by atoms with van der Waals surface area (Å²) in [5.74, 6) is 0. The first-order chi connectivity index (χ1) is 7.09. The van der Waals surface area contributed by atoms with Crippen LogP contribution in [0.3, 0.4) is 0 Å². The zero-order valence-corrected chi connectivity index (χ0v) is 9.45. The zero-order chi connectivity index (χ0) is 10.9. The first-order valence-electron chi connectivity index (χ1n) is 5.51. The number of hydrogen-bond donors (Lipinski definition) is 2. The molecule has 0 spiro atoms. The Balaban J connectivity index is 2.09. The maximum Gasteiger partial charge on any atom is 0.0813 e. The normalized spacial score (nSPS) is 26.9. The molecule has 2 heterocycles.